The van der Waals surface area contributed by atoms with Crippen LogP contribution >= 0.6 is 0 Å². The summed E-state index contributed by atoms with van der Waals surface area (Å²) in [4.78, 5) is 23.4. The number of hydrogen-bond donors (Lipinski definition) is 1. The molecule has 0 fully saturated rings. The molecule has 0 spiro atoms. The molecule has 102 valence electrons. The van der Waals surface area contributed by atoms with E-state index in [1.807, 2.05) is 0 Å². The van der Waals surface area contributed by atoms with Gasteiger partial charge in [0.2, 0.25) is 0 Å². The summed E-state index contributed by atoms with van der Waals surface area (Å²) in [6, 6.07) is 4.12. The summed E-state index contributed by atoms with van der Waals surface area (Å²) in [6.45, 7) is 1.48. The zero-order chi connectivity index (χ0) is 14.4. The number of fused-ring (bicyclic) bond motifs is 2. The van der Waals surface area contributed by atoms with Gasteiger partial charge in [0.25, 0.3) is 0 Å². The number of hydrogen-bond acceptors (Lipinski definition) is 7. The Morgan fingerprint density at radius 2 is 1.95 bits per heavy atom. The summed E-state index contributed by atoms with van der Waals surface area (Å²) >= 11 is 0. The molecule has 20 heavy (non-hydrogen) atoms. The highest BCUT2D eigenvalue weighted by atomic mass is 16.8. The molecule has 0 bridgehead atoms. The van der Waals surface area contributed by atoms with E-state index in [4.69, 9.17) is 14.0 Å². The molecule has 3 rings (SSSR count). The van der Waals surface area contributed by atoms with Crippen molar-refractivity contribution < 1.29 is 14.0 Å². The van der Waals surface area contributed by atoms with E-state index in [1.54, 1.807) is 0 Å². The Hall–Kier alpha value is -2.64. The largest absolute Gasteiger partial charge is 0.733 e. The first kappa shape index (κ1) is 12.4. The molecule has 0 atom stereocenters. The van der Waals surface area contributed by atoms with E-state index in [-0.39, 0.29) is 22.2 Å². The number of aryl methyl sites for hydroxylation is 1. The zero-order valence-electron chi connectivity index (χ0n) is 10.2. The molecule has 1 N–H and O–H groups in total. The lowest BCUT2D eigenvalue weighted by Crippen LogP contribution is -2.18. The number of rotatable bonds is 1. The van der Waals surface area contributed by atoms with Gasteiger partial charge in [-0.2, -0.15) is 0 Å². The molecule has 0 aliphatic heterocycles. The Kier molecular flexibility index (Phi) is 2.60. The van der Waals surface area contributed by atoms with Crippen LogP contribution in [0.25, 0.3) is 21.9 Å². The van der Waals surface area contributed by atoms with Gasteiger partial charge < -0.3 is 19.3 Å². The van der Waals surface area contributed by atoms with Crippen LogP contribution in [0, 0.1) is 12.1 Å². The third kappa shape index (κ3) is 1.68. The van der Waals surface area contributed by atoms with Crippen molar-refractivity contribution in [3.63, 3.8) is 0 Å². The van der Waals surface area contributed by atoms with Gasteiger partial charge in [-0.25, -0.2) is 4.79 Å². The maximum Gasteiger partial charge on any atom is 0.361 e. The van der Waals surface area contributed by atoms with Crippen LogP contribution in [0.15, 0.2) is 42.9 Å². The van der Waals surface area contributed by atoms with E-state index in [0.717, 1.165) is 0 Å². The minimum Gasteiger partial charge on any atom is -0.733 e. The second-order valence-electron chi connectivity index (χ2n) is 4.27. The van der Waals surface area contributed by atoms with Crippen molar-refractivity contribution in [3.8, 4) is 0 Å². The van der Waals surface area contributed by atoms with Crippen molar-refractivity contribution in [1.29, 1.82) is 0 Å². The Balaban J connectivity index is 2.54. The highest BCUT2D eigenvalue weighted by Gasteiger charge is 2.14. The molecule has 2 aromatic heterocycles. The Morgan fingerprint density at radius 3 is 2.65 bits per heavy atom. The summed E-state index contributed by atoms with van der Waals surface area (Å²) < 4.78 is 10.1. The normalized spacial score (nSPS) is 11.2. The third-order valence-corrected chi connectivity index (χ3v) is 3.11. The second kappa shape index (κ2) is 4.19. The fourth-order valence-electron chi connectivity index (χ4n) is 2.14. The average molecular weight is 274 g/mol. The van der Waals surface area contributed by atoms with Crippen LogP contribution in [0.4, 0.5) is 5.69 Å². The van der Waals surface area contributed by atoms with Gasteiger partial charge in [-0.1, -0.05) is 0 Å². The molecule has 0 saturated carbocycles. The first-order chi connectivity index (χ1) is 9.49. The SMILES string of the molecule is Cc1c(N([O-])O)c(=O)oc2cc3occc(=O)c3cc12. The third-order valence-electron chi connectivity index (χ3n) is 3.11. The van der Waals surface area contributed by atoms with E-state index >= 15 is 0 Å². The predicted octanol–water partition coefficient (Wildman–Crippen LogP) is 1.90. The molecule has 0 radical (unpaired) electrons. The Bertz CT molecular complexity index is 937. The molecule has 0 unspecified atom stereocenters. The Morgan fingerprint density at radius 1 is 1.20 bits per heavy atom. The van der Waals surface area contributed by atoms with Crippen molar-refractivity contribution in [3.05, 3.63) is 55.9 Å². The Labute approximate surface area is 110 Å². The zero-order valence-corrected chi connectivity index (χ0v) is 10.2. The first-order valence-electron chi connectivity index (χ1n) is 5.64. The van der Waals surface area contributed by atoms with E-state index in [9.17, 15) is 14.8 Å². The van der Waals surface area contributed by atoms with Crippen LogP contribution in [0.3, 0.4) is 0 Å². The van der Waals surface area contributed by atoms with Crippen molar-refractivity contribution in [1.82, 2.24) is 0 Å². The van der Waals surface area contributed by atoms with Crippen LogP contribution in [0.2, 0.25) is 0 Å². The van der Waals surface area contributed by atoms with E-state index in [2.05, 4.69) is 0 Å². The summed E-state index contributed by atoms with van der Waals surface area (Å²) in [5.74, 6) is 0. The van der Waals surface area contributed by atoms with Gasteiger partial charge in [0, 0.05) is 17.5 Å². The fraction of sp³-hybridized carbons (Fsp3) is 0.0769. The van der Waals surface area contributed by atoms with Crippen molar-refractivity contribution in [2.75, 3.05) is 5.23 Å². The minimum atomic E-state index is -0.967. The van der Waals surface area contributed by atoms with Gasteiger partial charge in [-0.3, -0.25) is 10.0 Å². The number of benzene rings is 1. The number of nitrogens with zero attached hydrogens (tertiary/aromatic N) is 1. The van der Waals surface area contributed by atoms with Gasteiger partial charge in [0.05, 0.1) is 11.6 Å². The first-order valence-corrected chi connectivity index (χ1v) is 5.64. The van der Waals surface area contributed by atoms with E-state index in [0.29, 0.717) is 10.8 Å². The van der Waals surface area contributed by atoms with Crippen molar-refractivity contribution in [2.24, 2.45) is 0 Å². The molecule has 7 heteroatoms. The molecular weight excluding hydrogens is 266 g/mol. The van der Waals surface area contributed by atoms with Gasteiger partial charge in [-0.15, -0.1) is 0 Å². The molecule has 0 aliphatic rings. The number of anilines is 1. The van der Waals surface area contributed by atoms with Crippen molar-refractivity contribution in [2.45, 2.75) is 6.92 Å². The summed E-state index contributed by atoms with van der Waals surface area (Å²) in [5, 5.41) is 20.1. The van der Waals surface area contributed by atoms with Crippen LogP contribution in [0.5, 0.6) is 0 Å². The van der Waals surface area contributed by atoms with E-state index in [1.165, 1.54) is 31.4 Å². The monoisotopic (exact) mass is 274 g/mol. The lowest BCUT2D eigenvalue weighted by molar-refractivity contribution is 0.292. The van der Waals surface area contributed by atoms with Gasteiger partial charge in [0.1, 0.15) is 16.9 Å². The second-order valence-corrected chi connectivity index (χ2v) is 4.27. The highest BCUT2D eigenvalue weighted by Crippen LogP contribution is 2.27. The minimum absolute atomic E-state index is 0.167. The lowest BCUT2D eigenvalue weighted by Gasteiger charge is -2.22. The van der Waals surface area contributed by atoms with E-state index < -0.39 is 16.5 Å². The standard InChI is InChI=1S/C13H8NO6/c1-6-7-4-8-9(15)2-3-19-10(8)5-11(7)20-13(16)12(6)14(17)18/h2-5,17H,1H3/q-1. The summed E-state index contributed by atoms with van der Waals surface area (Å²) in [5.41, 5.74) is -1.09. The average Bonchev–Trinajstić information content (AvgIpc) is 2.37. The molecule has 7 nitrogen and oxygen atoms in total. The van der Waals surface area contributed by atoms with Crippen LogP contribution in [-0.2, 0) is 0 Å². The molecule has 3 aromatic rings. The van der Waals surface area contributed by atoms with Crippen LogP contribution in [0.1, 0.15) is 5.56 Å². The smallest absolute Gasteiger partial charge is 0.361 e. The van der Waals surface area contributed by atoms with Crippen molar-refractivity contribution >= 4 is 27.6 Å². The molecular formula is C13H8NO6-. The molecule has 0 amide bonds. The van der Waals surface area contributed by atoms with Gasteiger partial charge >= 0.3 is 5.63 Å². The molecule has 0 aliphatic carbocycles. The summed E-state index contributed by atoms with van der Waals surface area (Å²) in [7, 11) is 0. The molecule has 2 heterocycles. The highest BCUT2D eigenvalue weighted by molar-refractivity contribution is 5.95. The fourth-order valence-corrected chi connectivity index (χ4v) is 2.14. The topological polar surface area (TPSA) is 107 Å². The van der Waals surface area contributed by atoms with Gasteiger partial charge in [-0.05, 0) is 18.6 Å². The van der Waals surface area contributed by atoms with Crippen LogP contribution in [-0.4, -0.2) is 5.21 Å². The maximum atomic E-state index is 11.7. The van der Waals surface area contributed by atoms with Gasteiger partial charge in [0.15, 0.2) is 5.43 Å². The quantitative estimate of drug-likeness (QED) is 0.410. The molecule has 1 aromatic carbocycles. The maximum absolute atomic E-state index is 11.7. The summed E-state index contributed by atoms with van der Waals surface area (Å²) in [6.07, 6.45) is 1.24. The van der Waals surface area contributed by atoms with Crippen LogP contribution < -0.4 is 16.3 Å². The lowest BCUT2D eigenvalue weighted by atomic mass is 10.1. The molecule has 0 saturated heterocycles. The predicted molar refractivity (Wildman–Crippen MR) is 70.9 cm³/mol.